The number of aliphatic hydroxyl groups is 2. The summed E-state index contributed by atoms with van der Waals surface area (Å²) in [6.07, 6.45) is 6.96. The van der Waals surface area contributed by atoms with Gasteiger partial charge >= 0.3 is 0 Å². The Labute approximate surface area is 99.5 Å². The van der Waals surface area contributed by atoms with Gasteiger partial charge in [-0.15, -0.1) is 12.4 Å². The lowest BCUT2D eigenvalue weighted by molar-refractivity contribution is -0.0833. The molecule has 0 fully saturated rings. The van der Waals surface area contributed by atoms with Crippen molar-refractivity contribution in [3.8, 4) is 0 Å². The number of hydrogen-bond acceptors (Lipinski definition) is 3. The van der Waals surface area contributed by atoms with Gasteiger partial charge in [-0.05, 0) is 13.0 Å². The van der Waals surface area contributed by atoms with E-state index in [4.69, 9.17) is 15.9 Å². The molecule has 0 aliphatic carbocycles. The first-order valence-electron chi connectivity index (χ1n) is 5.78. The Bertz CT molecular complexity index is 123. The number of rotatable bonds is 9. The van der Waals surface area contributed by atoms with E-state index in [-0.39, 0.29) is 18.3 Å². The third-order valence-corrected chi connectivity index (χ3v) is 2.65. The molecular weight excluding hydrogens is 214 g/mol. The predicted molar refractivity (Wildman–Crippen MR) is 66.0 cm³/mol. The summed E-state index contributed by atoms with van der Waals surface area (Å²) < 4.78 is 0. The minimum atomic E-state index is -1.24. The molecule has 4 heteroatoms. The quantitative estimate of drug-likeness (QED) is 0.426. The van der Waals surface area contributed by atoms with E-state index in [1.54, 1.807) is 0 Å². The zero-order valence-electron chi connectivity index (χ0n) is 9.69. The Morgan fingerprint density at radius 3 is 2.00 bits per heavy atom. The average Bonchev–Trinajstić information content (AvgIpc) is 2.16. The Morgan fingerprint density at radius 2 is 1.53 bits per heavy atom. The maximum absolute atomic E-state index is 8.93. The van der Waals surface area contributed by atoms with Crippen molar-refractivity contribution in [2.75, 3.05) is 6.54 Å². The number of unbranched alkanes of at least 4 members (excludes halogenated alkanes) is 5. The molecule has 0 spiro atoms. The normalized spacial score (nSPS) is 12.6. The van der Waals surface area contributed by atoms with E-state index in [2.05, 4.69) is 6.92 Å². The van der Waals surface area contributed by atoms with Crippen LogP contribution in [0.4, 0.5) is 0 Å². The first-order chi connectivity index (χ1) is 6.72. The third kappa shape index (κ3) is 10.5. The van der Waals surface area contributed by atoms with Crippen LogP contribution in [0.1, 0.15) is 51.9 Å². The molecule has 0 bridgehead atoms. The van der Waals surface area contributed by atoms with Gasteiger partial charge < -0.3 is 15.9 Å². The molecule has 0 amide bonds. The Balaban J connectivity index is 0. The fourth-order valence-corrected chi connectivity index (χ4v) is 1.58. The van der Waals surface area contributed by atoms with Crippen LogP contribution < -0.4 is 5.73 Å². The SMILES string of the molecule is CCCCCCCCC(CN)C(O)O.Cl. The first kappa shape index (κ1) is 17.6. The van der Waals surface area contributed by atoms with E-state index in [9.17, 15) is 0 Å². The number of halogens is 1. The highest BCUT2D eigenvalue weighted by Gasteiger charge is 2.13. The molecule has 0 rings (SSSR count). The lowest BCUT2D eigenvalue weighted by Crippen LogP contribution is -2.27. The molecule has 1 atom stereocenters. The van der Waals surface area contributed by atoms with Crippen LogP contribution in [-0.2, 0) is 0 Å². The van der Waals surface area contributed by atoms with Crippen molar-refractivity contribution in [3.63, 3.8) is 0 Å². The van der Waals surface area contributed by atoms with Gasteiger partial charge in [-0.1, -0.05) is 45.4 Å². The molecule has 3 nitrogen and oxygen atoms in total. The van der Waals surface area contributed by atoms with Crippen molar-refractivity contribution in [2.45, 2.75) is 58.2 Å². The molecule has 0 aliphatic rings. The number of nitrogens with two attached hydrogens (primary N) is 1. The molecule has 0 aromatic heterocycles. The number of aliphatic hydroxyl groups excluding tert-OH is 1. The molecule has 0 aromatic rings. The van der Waals surface area contributed by atoms with Crippen molar-refractivity contribution >= 4 is 12.4 Å². The molecular formula is C11H26ClNO2. The Morgan fingerprint density at radius 1 is 1.00 bits per heavy atom. The van der Waals surface area contributed by atoms with E-state index >= 15 is 0 Å². The highest BCUT2D eigenvalue weighted by molar-refractivity contribution is 5.85. The molecule has 0 radical (unpaired) electrons. The second-order valence-electron chi connectivity index (χ2n) is 3.97. The summed E-state index contributed by atoms with van der Waals surface area (Å²) in [6.45, 7) is 2.57. The molecule has 0 aliphatic heterocycles. The first-order valence-corrected chi connectivity index (χ1v) is 5.78. The monoisotopic (exact) mass is 239 g/mol. The van der Waals surface area contributed by atoms with Crippen molar-refractivity contribution in [1.29, 1.82) is 0 Å². The molecule has 4 N–H and O–H groups in total. The van der Waals surface area contributed by atoms with Gasteiger partial charge in [-0.2, -0.15) is 0 Å². The second kappa shape index (κ2) is 12.2. The van der Waals surface area contributed by atoms with Gasteiger partial charge in [0.25, 0.3) is 0 Å². The van der Waals surface area contributed by atoms with Crippen LogP contribution in [-0.4, -0.2) is 23.0 Å². The van der Waals surface area contributed by atoms with E-state index in [1.165, 1.54) is 32.1 Å². The van der Waals surface area contributed by atoms with Crippen LogP contribution in [0.3, 0.4) is 0 Å². The maximum atomic E-state index is 8.93. The van der Waals surface area contributed by atoms with Crippen LogP contribution in [0.25, 0.3) is 0 Å². The van der Waals surface area contributed by atoms with Crippen molar-refractivity contribution in [2.24, 2.45) is 11.7 Å². The molecule has 94 valence electrons. The van der Waals surface area contributed by atoms with Crippen LogP contribution in [0.5, 0.6) is 0 Å². The minimum Gasteiger partial charge on any atom is -0.368 e. The van der Waals surface area contributed by atoms with Crippen LogP contribution in [0.15, 0.2) is 0 Å². The van der Waals surface area contributed by atoms with Gasteiger partial charge in [0, 0.05) is 5.92 Å². The largest absolute Gasteiger partial charge is 0.368 e. The molecule has 15 heavy (non-hydrogen) atoms. The Kier molecular flexibility index (Phi) is 14.3. The molecule has 1 unspecified atom stereocenters. The fourth-order valence-electron chi connectivity index (χ4n) is 1.58. The zero-order valence-corrected chi connectivity index (χ0v) is 10.5. The van der Waals surface area contributed by atoms with Crippen molar-refractivity contribution < 1.29 is 10.2 Å². The molecule has 0 saturated carbocycles. The van der Waals surface area contributed by atoms with Crippen LogP contribution >= 0.6 is 12.4 Å². The van der Waals surface area contributed by atoms with Gasteiger partial charge in [0.05, 0.1) is 0 Å². The van der Waals surface area contributed by atoms with E-state index < -0.39 is 6.29 Å². The second-order valence-corrected chi connectivity index (χ2v) is 3.97. The summed E-state index contributed by atoms with van der Waals surface area (Å²) in [5.74, 6) is -0.138. The van der Waals surface area contributed by atoms with E-state index in [1.807, 2.05) is 0 Å². The topological polar surface area (TPSA) is 66.5 Å². The molecule has 0 aromatic carbocycles. The van der Waals surface area contributed by atoms with Gasteiger partial charge in [0.15, 0.2) is 6.29 Å². The van der Waals surface area contributed by atoms with Gasteiger partial charge in [0.1, 0.15) is 0 Å². The van der Waals surface area contributed by atoms with Crippen LogP contribution in [0.2, 0.25) is 0 Å². The van der Waals surface area contributed by atoms with Crippen molar-refractivity contribution in [1.82, 2.24) is 0 Å². The number of hydrogen-bond donors (Lipinski definition) is 3. The summed E-state index contributed by atoms with van der Waals surface area (Å²) in [7, 11) is 0. The smallest absolute Gasteiger partial charge is 0.155 e. The summed E-state index contributed by atoms with van der Waals surface area (Å²) in [5, 5.41) is 17.9. The standard InChI is InChI=1S/C11H25NO2.ClH/c1-2-3-4-5-6-7-8-10(9-12)11(13)14;/h10-11,13-14H,2-9,12H2,1H3;1H. The predicted octanol–water partition coefficient (Wildman–Crippen LogP) is 2.04. The lowest BCUT2D eigenvalue weighted by atomic mass is 10.00. The van der Waals surface area contributed by atoms with Crippen molar-refractivity contribution in [3.05, 3.63) is 0 Å². The van der Waals surface area contributed by atoms with Crippen LogP contribution in [0, 0.1) is 5.92 Å². The summed E-state index contributed by atoms with van der Waals surface area (Å²) in [5.41, 5.74) is 5.42. The van der Waals surface area contributed by atoms with E-state index in [0.29, 0.717) is 6.54 Å². The summed E-state index contributed by atoms with van der Waals surface area (Å²) >= 11 is 0. The fraction of sp³-hybridized carbons (Fsp3) is 1.00. The molecule has 0 saturated heterocycles. The van der Waals surface area contributed by atoms with Gasteiger partial charge in [-0.3, -0.25) is 0 Å². The van der Waals surface area contributed by atoms with Gasteiger partial charge in [0.2, 0.25) is 0 Å². The minimum absolute atomic E-state index is 0. The molecule has 0 heterocycles. The highest BCUT2D eigenvalue weighted by atomic mass is 35.5. The average molecular weight is 240 g/mol. The highest BCUT2D eigenvalue weighted by Crippen LogP contribution is 2.13. The van der Waals surface area contributed by atoms with E-state index in [0.717, 1.165) is 12.8 Å². The maximum Gasteiger partial charge on any atom is 0.155 e. The zero-order chi connectivity index (χ0) is 10.8. The van der Waals surface area contributed by atoms with Gasteiger partial charge in [-0.25, -0.2) is 0 Å². The summed E-state index contributed by atoms with van der Waals surface area (Å²) in [6, 6.07) is 0. The Hall–Kier alpha value is 0.170. The lowest BCUT2D eigenvalue weighted by Gasteiger charge is -2.16. The summed E-state index contributed by atoms with van der Waals surface area (Å²) in [4.78, 5) is 0. The third-order valence-electron chi connectivity index (χ3n) is 2.65.